The van der Waals surface area contributed by atoms with Crippen molar-refractivity contribution in [2.75, 3.05) is 7.05 Å². The first-order valence-electron chi connectivity index (χ1n) is 5.01. The summed E-state index contributed by atoms with van der Waals surface area (Å²) < 4.78 is 0. The molecule has 0 aromatic heterocycles. The van der Waals surface area contributed by atoms with Gasteiger partial charge < -0.3 is 0 Å². The Balaban J connectivity index is 2.14. The molecule has 1 aliphatic rings. The first-order valence-corrected chi connectivity index (χ1v) is 5.01. The van der Waals surface area contributed by atoms with E-state index in [-0.39, 0.29) is 11.9 Å². The van der Waals surface area contributed by atoms with E-state index in [0.717, 1.165) is 5.56 Å². The summed E-state index contributed by atoms with van der Waals surface area (Å²) in [4.78, 5) is 23.9. The second-order valence-corrected chi connectivity index (χ2v) is 3.60. The molecule has 1 fully saturated rings. The monoisotopic (exact) mass is 216 g/mol. The zero-order chi connectivity index (χ0) is 11.5. The third-order valence-corrected chi connectivity index (χ3v) is 2.49. The van der Waals surface area contributed by atoms with Crippen LogP contribution in [-0.2, 0) is 11.2 Å². The Morgan fingerprint density at radius 1 is 1.25 bits per heavy atom. The van der Waals surface area contributed by atoms with Crippen LogP contribution in [0.1, 0.15) is 5.56 Å². The van der Waals surface area contributed by atoms with Crippen LogP contribution < -0.4 is 5.32 Å². The Morgan fingerprint density at radius 2 is 1.94 bits per heavy atom. The maximum Gasteiger partial charge on any atom is 0.328 e. The molecule has 3 amide bonds. The molecular weight excluding hydrogens is 204 g/mol. The molecule has 0 unspecified atom stereocenters. The average molecular weight is 216 g/mol. The Kier molecular flexibility index (Phi) is 2.72. The molecule has 82 valence electrons. The van der Waals surface area contributed by atoms with Gasteiger partial charge in [0.1, 0.15) is 5.70 Å². The molecule has 1 aromatic carbocycles. The van der Waals surface area contributed by atoms with Crippen LogP contribution in [-0.4, -0.2) is 23.9 Å². The Bertz CT molecular complexity index is 451. The highest BCUT2D eigenvalue weighted by molar-refractivity contribution is 6.11. The van der Waals surface area contributed by atoms with Crippen LogP contribution in [0.2, 0.25) is 0 Å². The van der Waals surface area contributed by atoms with E-state index >= 15 is 0 Å². The molecule has 1 aliphatic heterocycles. The van der Waals surface area contributed by atoms with Crippen LogP contribution in [0.4, 0.5) is 4.79 Å². The third-order valence-electron chi connectivity index (χ3n) is 2.49. The summed E-state index contributed by atoms with van der Waals surface area (Å²) in [5, 5.41) is 2.23. The molecule has 0 aliphatic carbocycles. The van der Waals surface area contributed by atoms with Gasteiger partial charge in [-0.3, -0.25) is 15.0 Å². The lowest BCUT2D eigenvalue weighted by Gasteiger charge is -2.06. The van der Waals surface area contributed by atoms with Gasteiger partial charge in [-0.05, 0) is 12.0 Å². The van der Waals surface area contributed by atoms with Crippen molar-refractivity contribution >= 4 is 11.9 Å². The van der Waals surface area contributed by atoms with Gasteiger partial charge in [-0.1, -0.05) is 36.4 Å². The van der Waals surface area contributed by atoms with E-state index in [1.54, 1.807) is 13.1 Å². The van der Waals surface area contributed by atoms with Crippen LogP contribution >= 0.6 is 0 Å². The zero-order valence-electron chi connectivity index (χ0n) is 8.93. The van der Waals surface area contributed by atoms with Crippen molar-refractivity contribution in [1.82, 2.24) is 10.2 Å². The van der Waals surface area contributed by atoms with E-state index in [2.05, 4.69) is 5.32 Å². The molecule has 2 rings (SSSR count). The lowest BCUT2D eigenvalue weighted by atomic mass is 10.1. The van der Waals surface area contributed by atoms with Gasteiger partial charge in [0.25, 0.3) is 5.91 Å². The number of carbonyl (C=O) groups excluding carboxylic acids is 2. The van der Waals surface area contributed by atoms with Crippen LogP contribution in [0.15, 0.2) is 42.1 Å². The number of carbonyl (C=O) groups is 2. The minimum atomic E-state index is -0.371. The normalized spacial score (nSPS) is 18.1. The Hall–Kier alpha value is -2.10. The van der Waals surface area contributed by atoms with Gasteiger partial charge in [0.05, 0.1) is 0 Å². The maximum atomic E-state index is 11.4. The summed E-state index contributed by atoms with van der Waals surface area (Å²) in [5.74, 6) is -0.330. The van der Waals surface area contributed by atoms with Crippen molar-refractivity contribution in [3.8, 4) is 0 Å². The molecule has 1 N–H and O–H groups in total. The predicted molar refractivity (Wildman–Crippen MR) is 59.5 cm³/mol. The summed E-state index contributed by atoms with van der Waals surface area (Å²) in [6.45, 7) is 0. The molecule has 4 heteroatoms. The van der Waals surface area contributed by atoms with Crippen molar-refractivity contribution in [2.24, 2.45) is 0 Å². The van der Waals surface area contributed by atoms with E-state index in [9.17, 15) is 9.59 Å². The molecule has 0 radical (unpaired) electrons. The number of urea groups is 1. The highest BCUT2D eigenvalue weighted by atomic mass is 16.2. The number of hydrogen-bond donors (Lipinski definition) is 1. The van der Waals surface area contributed by atoms with Gasteiger partial charge in [0.15, 0.2) is 0 Å². The van der Waals surface area contributed by atoms with E-state index in [4.69, 9.17) is 0 Å². The number of imide groups is 1. The van der Waals surface area contributed by atoms with Gasteiger partial charge in [-0.25, -0.2) is 4.79 Å². The van der Waals surface area contributed by atoms with Crippen LogP contribution in [0.3, 0.4) is 0 Å². The molecule has 1 heterocycles. The smallest absolute Gasteiger partial charge is 0.292 e. The SMILES string of the molecule is CN1C(=O)NC(=O)/C1=C\Cc1ccccc1. The van der Waals surface area contributed by atoms with E-state index in [0.29, 0.717) is 12.1 Å². The summed E-state index contributed by atoms with van der Waals surface area (Å²) in [6, 6.07) is 9.41. The number of nitrogens with zero attached hydrogens (tertiary/aromatic N) is 1. The van der Waals surface area contributed by atoms with Crippen molar-refractivity contribution in [3.63, 3.8) is 0 Å². The Labute approximate surface area is 93.6 Å². The molecule has 0 saturated carbocycles. The molecule has 0 spiro atoms. The lowest BCUT2D eigenvalue weighted by molar-refractivity contribution is -0.116. The predicted octanol–water partition coefficient (Wildman–Crippen LogP) is 1.29. The van der Waals surface area contributed by atoms with Gasteiger partial charge in [0, 0.05) is 7.05 Å². The van der Waals surface area contributed by atoms with Crippen molar-refractivity contribution < 1.29 is 9.59 Å². The number of nitrogens with one attached hydrogen (secondary N) is 1. The summed E-state index contributed by atoms with van der Waals surface area (Å²) in [5.41, 5.74) is 1.52. The number of rotatable bonds is 2. The zero-order valence-corrected chi connectivity index (χ0v) is 8.93. The fourth-order valence-corrected chi connectivity index (χ4v) is 1.56. The topological polar surface area (TPSA) is 49.4 Å². The van der Waals surface area contributed by atoms with E-state index in [1.165, 1.54) is 4.90 Å². The number of likely N-dealkylation sites (N-methyl/N-ethyl adjacent to an activating group) is 1. The van der Waals surface area contributed by atoms with Crippen molar-refractivity contribution in [1.29, 1.82) is 0 Å². The fraction of sp³-hybridized carbons (Fsp3) is 0.167. The molecule has 1 aromatic rings. The minimum absolute atomic E-state index is 0.330. The number of hydrogen-bond acceptors (Lipinski definition) is 2. The van der Waals surface area contributed by atoms with Crippen molar-refractivity contribution in [2.45, 2.75) is 6.42 Å². The highest BCUT2D eigenvalue weighted by Gasteiger charge is 2.29. The average Bonchev–Trinajstić information content (AvgIpc) is 2.53. The standard InChI is InChI=1S/C12H12N2O2/c1-14-10(11(15)13-12(14)16)8-7-9-5-3-2-4-6-9/h2-6,8H,7H2,1H3,(H,13,15,16)/b10-8+. The van der Waals surface area contributed by atoms with Gasteiger partial charge in [-0.2, -0.15) is 0 Å². The van der Waals surface area contributed by atoms with Crippen LogP contribution in [0.25, 0.3) is 0 Å². The van der Waals surface area contributed by atoms with Gasteiger partial charge >= 0.3 is 6.03 Å². The van der Waals surface area contributed by atoms with Crippen LogP contribution in [0, 0.1) is 0 Å². The second-order valence-electron chi connectivity index (χ2n) is 3.60. The first-order chi connectivity index (χ1) is 7.68. The van der Waals surface area contributed by atoms with Gasteiger partial charge in [-0.15, -0.1) is 0 Å². The molecule has 4 nitrogen and oxygen atoms in total. The van der Waals surface area contributed by atoms with Crippen molar-refractivity contribution in [3.05, 3.63) is 47.7 Å². The summed E-state index contributed by atoms with van der Waals surface area (Å²) >= 11 is 0. The number of allylic oxidation sites excluding steroid dienone is 1. The van der Waals surface area contributed by atoms with E-state index < -0.39 is 0 Å². The first kappa shape index (κ1) is 10.4. The fourth-order valence-electron chi connectivity index (χ4n) is 1.56. The van der Waals surface area contributed by atoms with E-state index in [1.807, 2.05) is 30.3 Å². The highest BCUT2D eigenvalue weighted by Crippen LogP contribution is 2.11. The summed E-state index contributed by atoms with van der Waals surface area (Å²) in [6.07, 6.45) is 2.40. The lowest BCUT2D eigenvalue weighted by Crippen LogP contribution is -2.24. The second kappa shape index (κ2) is 4.18. The van der Waals surface area contributed by atoms with Gasteiger partial charge in [0.2, 0.25) is 0 Å². The number of amides is 3. The number of benzene rings is 1. The third kappa shape index (κ3) is 1.95. The minimum Gasteiger partial charge on any atom is -0.292 e. The van der Waals surface area contributed by atoms with Crippen LogP contribution in [0.5, 0.6) is 0 Å². The molecule has 1 saturated heterocycles. The molecule has 0 atom stereocenters. The quantitative estimate of drug-likeness (QED) is 0.598. The Morgan fingerprint density at radius 3 is 2.50 bits per heavy atom. The molecular formula is C12H12N2O2. The largest absolute Gasteiger partial charge is 0.328 e. The molecule has 16 heavy (non-hydrogen) atoms. The summed E-state index contributed by atoms with van der Waals surface area (Å²) in [7, 11) is 1.58. The maximum absolute atomic E-state index is 11.4. The molecule has 0 bridgehead atoms.